The highest BCUT2D eigenvalue weighted by atomic mass is 79.9. The van der Waals surface area contributed by atoms with Crippen molar-refractivity contribution < 1.29 is 18.8 Å². The van der Waals surface area contributed by atoms with Crippen molar-refractivity contribution in [2.24, 2.45) is 0 Å². The fraction of sp³-hybridized carbons (Fsp3) is 0.538. The largest absolute Gasteiger partial charge is 0.494 e. The van der Waals surface area contributed by atoms with Crippen LogP contribution >= 0.6 is 15.9 Å². The van der Waals surface area contributed by atoms with Crippen molar-refractivity contribution in [2.75, 3.05) is 0 Å². The Morgan fingerprint density at radius 3 is 1.69 bits per heavy atom. The predicted octanol–water partition coefficient (Wildman–Crippen LogP) is 6.13. The van der Waals surface area contributed by atoms with Gasteiger partial charge >= 0.3 is 7.12 Å². The normalized spacial score (nSPS) is 21.0. The molecule has 2 aliphatic carbocycles. The summed E-state index contributed by atoms with van der Waals surface area (Å²) in [6.07, 6.45) is 5.71. The van der Waals surface area contributed by atoms with Crippen molar-refractivity contribution in [2.45, 2.75) is 90.6 Å². The number of benzene rings is 2. The zero-order valence-electron chi connectivity index (χ0n) is 20.0. The molecule has 2 aromatic carbocycles. The molecule has 4 nitrogen and oxygen atoms in total. The molecule has 0 atom stereocenters. The van der Waals surface area contributed by atoms with E-state index in [4.69, 9.17) is 18.8 Å². The van der Waals surface area contributed by atoms with Crippen molar-refractivity contribution in [3.8, 4) is 11.5 Å². The summed E-state index contributed by atoms with van der Waals surface area (Å²) in [6.45, 7) is 12.4. The van der Waals surface area contributed by atoms with E-state index in [9.17, 15) is 0 Å². The van der Waals surface area contributed by atoms with Gasteiger partial charge in [0.2, 0.25) is 0 Å². The number of aryl methyl sites for hydroxylation is 2. The SMILES string of the molecule is Cc1cc(B2OC(C)(C)C(C)(C)O2)ccc1OC1CC1.Cc1cc(Br)ccc1OC1CC1. The first-order valence-electron chi connectivity index (χ1n) is 11.6. The lowest BCUT2D eigenvalue weighted by molar-refractivity contribution is 0.00578. The minimum absolute atomic E-state index is 0.297. The molecule has 2 saturated carbocycles. The molecule has 0 radical (unpaired) electrons. The second kappa shape index (κ2) is 9.04. The molecule has 0 aromatic heterocycles. The predicted molar refractivity (Wildman–Crippen MR) is 133 cm³/mol. The minimum Gasteiger partial charge on any atom is -0.490 e. The van der Waals surface area contributed by atoms with Crippen LogP contribution in [0.25, 0.3) is 0 Å². The Balaban J connectivity index is 0.000000174. The highest BCUT2D eigenvalue weighted by molar-refractivity contribution is 9.10. The maximum atomic E-state index is 6.08. The van der Waals surface area contributed by atoms with Crippen LogP contribution in [0.2, 0.25) is 0 Å². The minimum atomic E-state index is -0.298. The fourth-order valence-electron chi connectivity index (χ4n) is 3.41. The molecule has 1 aliphatic heterocycles. The first kappa shape index (κ1) is 23.7. The molecule has 172 valence electrons. The Hall–Kier alpha value is -1.50. The lowest BCUT2D eigenvalue weighted by atomic mass is 9.78. The van der Waals surface area contributed by atoms with Gasteiger partial charge in [-0.3, -0.25) is 0 Å². The number of rotatable bonds is 5. The van der Waals surface area contributed by atoms with E-state index in [0.717, 1.165) is 27.0 Å². The summed E-state index contributed by atoms with van der Waals surface area (Å²) in [5, 5.41) is 0. The maximum Gasteiger partial charge on any atom is 0.494 e. The van der Waals surface area contributed by atoms with Crippen molar-refractivity contribution in [1.29, 1.82) is 0 Å². The van der Waals surface area contributed by atoms with Crippen LogP contribution in [-0.4, -0.2) is 30.5 Å². The Morgan fingerprint density at radius 1 is 0.781 bits per heavy atom. The molecular weight excluding hydrogens is 467 g/mol. The lowest BCUT2D eigenvalue weighted by Crippen LogP contribution is -2.41. The van der Waals surface area contributed by atoms with Gasteiger partial charge in [-0.1, -0.05) is 28.1 Å². The van der Waals surface area contributed by atoms with Gasteiger partial charge in [0.15, 0.2) is 0 Å². The second-order valence-electron chi connectivity index (χ2n) is 10.2. The average Bonchev–Trinajstić information content (AvgIpc) is 3.61. The van der Waals surface area contributed by atoms with Gasteiger partial charge in [-0.05, 0) is 108 Å². The van der Waals surface area contributed by atoms with Crippen LogP contribution in [0, 0.1) is 13.8 Å². The van der Waals surface area contributed by atoms with E-state index in [1.54, 1.807) is 0 Å². The van der Waals surface area contributed by atoms with Crippen LogP contribution in [0.5, 0.6) is 11.5 Å². The Labute approximate surface area is 201 Å². The second-order valence-corrected chi connectivity index (χ2v) is 11.1. The molecule has 0 N–H and O–H groups in total. The van der Waals surface area contributed by atoms with Gasteiger partial charge < -0.3 is 18.8 Å². The van der Waals surface area contributed by atoms with E-state index in [0.29, 0.717) is 12.2 Å². The van der Waals surface area contributed by atoms with Crippen LogP contribution in [0.15, 0.2) is 40.9 Å². The molecule has 1 heterocycles. The molecule has 2 aromatic rings. The topological polar surface area (TPSA) is 36.9 Å². The summed E-state index contributed by atoms with van der Waals surface area (Å²) in [5.74, 6) is 2.01. The van der Waals surface area contributed by atoms with E-state index < -0.39 is 0 Å². The van der Waals surface area contributed by atoms with Crippen LogP contribution in [0.1, 0.15) is 64.5 Å². The molecule has 0 unspecified atom stereocenters. The highest BCUT2D eigenvalue weighted by Crippen LogP contribution is 2.37. The molecule has 1 saturated heterocycles. The maximum absolute atomic E-state index is 6.08. The Morgan fingerprint density at radius 2 is 1.25 bits per heavy atom. The summed E-state index contributed by atoms with van der Waals surface area (Å²) >= 11 is 3.42. The van der Waals surface area contributed by atoms with E-state index in [1.807, 2.05) is 24.3 Å². The summed E-state index contributed by atoms with van der Waals surface area (Å²) in [7, 11) is -0.298. The molecule has 32 heavy (non-hydrogen) atoms. The van der Waals surface area contributed by atoms with Gasteiger partial charge in [0, 0.05) is 4.47 Å². The van der Waals surface area contributed by atoms with E-state index in [-0.39, 0.29) is 18.3 Å². The number of halogens is 1. The van der Waals surface area contributed by atoms with Gasteiger partial charge in [0.25, 0.3) is 0 Å². The third-order valence-corrected chi connectivity index (χ3v) is 6.99. The van der Waals surface area contributed by atoms with Gasteiger partial charge in [0.1, 0.15) is 11.5 Å². The van der Waals surface area contributed by atoms with Crippen molar-refractivity contribution in [1.82, 2.24) is 0 Å². The number of ether oxygens (including phenoxy) is 2. The van der Waals surface area contributed by atoms with E-state index in [1.165, 1.54) is 31.2 Å². The molecule has 6 heteroatoms. The first-order chi connectivity index (χ1) is 15.0. The van der Waals surface area contributed by atoms with E-state index >= 15 is 0 Å². The number of hydrogen-bond donors (Lipinski definition) is 0. The molecule has 3 fully saturated rings. The molecule has 0 spiro atoms. The summed E-state index contributed by atoms with van der Waals surface area (Å²) in [5.41, 5.74) is 2.81. The van der Waals surface area contributed by atoms with Crippen molar-refractivity contribution in [3.63, 3.8) is 0 Å². The number of hydrogen-bond acceptors (Lipinski definition) is 4. The molecule has 0 bridgehead atoms. The quantitative estimate of drug-likeness (QED) is 0.462. The summed E-state index contributed by atoms with van der Waals surface area (Å²) in [4.78, 5) is 0. The molecule has 0 amide bonds. The third kappa shape index (κ3) is 5.70. The fourth-order valence-corrected chi connectivity index (χ4v) is 3.88. The van der Waals surface area contributed by atoms with Crippen LogP contribution in [-0.2, 0) is 9.31 Å². The molecular formula is C26H34BBrO4. The van der Waals surface area contributed by atoms with Crippen LogP contribution < -0.4 is 14.9 Å². The van der Waals surface area contributed by atoms with Gasteiger partial charge in [-0.25, -0.2) is 0 Å². The van der Waals surface area contributed by atoms with Gasteiger partial charge in [-0.15, -0.1) is 0 Å². The Bertz CT molecular complexity index is 950. The third-order valence-electron chi connectivity index (χ3n) is 6.50. The molecule has 3 aliphatic rings. The zero-order chi connectivity index (χ0) is 23.1. The highest BCUT2D eigenvalue weighted by Gasteiger charge is 2.51. The average molecular weight is 501 g/mol. The summed E-state index contributed by atoms with van der Waals surface area (Å²) in [6, 6.07) is 12.3. The van der Waals surface area contributed by atoms with Gasteiger partial charge in [-0.2, -0.15) is 0 Å². The first-order valence-corrected chi connectivity index (χ1v) is 12.4. The van der Waals surface area contributed by atoms with Crippen LogP contribution in [0.3, 0.4) is 0 Å². The Kier molecular flexibility index (Phi) is 6.68. The lowest BCUT2D eigenvalue weighted by Gasteiger charge is -2.32. The summed E-state index contributed by atoms with van der Waals surface area (Å²) < 4.78 is 24.8. The standard InChI is InChI=1S/C16H23BO3.C10H11BrO/c1-11-10-12(6-9-14(11)18-13-7-8-13)17-19-15(2,3)16(4,5)20-17;1-7-6-8(11)2-5-10(7)12-9-3-4-9/h6,9-10,13H,7-8H2,1-5H3;2,5-6,9H,3-4H2,1H3. The van der Waals surface area contributed by atoms with Crippen molar-refractivity contribution in [3.05, 3.63) is 52.0 Å². The van der Waals surface area contributed by atoms with Crippen LogP contribution in [0.4, 0.5) is 0 Å². The molecule has 5 rings (SSSR count). The van der Waals surface area contributed by atoms with E-state index in [2.05, 4.69) is 69.6 Å². The van der Waals surface area contributed by atoms with Crippen molar-refractivity contribution >= 4 is 28.5 Å². The monoisotopic (exact) mass is 500 g/mol. The smallest absolute Gasteiger partial charge is 0.490 e. The zero-order valence-corrected chi connectivity index (χ0v) is 21.6. The van der Waals surface area contributed by atoms with Gasteiger partial charge in [0.05, 0.1) is 23.4 Å².